The molecular formula is C10H15NO3. The van der Waals surface area contributed by atoms with Crippen LogP contribution in [0.15, 0.2) is 12.7 Å². The number of rotatable bonds is 4. The van der Waals surface area contributed by atoms with Gasteiger partial charge in [-0.05, 0) is 12.8 Å². The highest BCUT2D eigenvalue weighted by atomic mass is 16.5. The smallest absolute Gasteiger partial charge is 0.310 e. The number of esters is 1. The standard InChI is InChI=1S/C10H15NO3/c1-2-6-14-10(13)8-5-3-4-7(8)9(11)12/h2,7-8H,1,3-6H2,(H2,11,12)/t7-,8+/m0/s1. The molecule has 0 aliphatic heterocycles. The van der Waals surface area contributed by atoms with Gasteiger partial charge >= 0.3 is 5.97 Å². The van der Waals surface area contributed by atoms with Crippen LogP contribution in [0, 0.1) is 11.8 Å². The maximum atomic E-state index is 11.4. The third kappa shape index (κ3) is 2.34. The fraction of sp³-hybridized carbons (Fsp3) is 0.600. The van der Waals surface area contributed by atoms with Crippen molar-refractivity contribution in [2.24, 2.45) is 17.6 Å². The van der Waals surface area contributed by atoms with Gasteiger partial charge in [-0.2, -0.15) is 0 Å². The summed E-state index contributed by atoms with van der Waals surface area (Å²) >= 11 is 0. The van der Waals surface area contributed by atoms with Crippen LogP contribution in [0.5, 0.6) is 0 Å². The molecule has 0 aromatic carbocycles. The molecule has 1 rings (SSSR count). The van der Waals surface area contributed by atoms with E-state index in [9.17, 15) is 9.59 Å². The summed E-state index contributed by atoms with van der Waals surface area (Å²) in [6.45, 7) is 3.64. The number of hydrogen-bond donors (Lipinski definition) is 1. The van der Waals surface area contributed by atoms with E-state index in [1.54, 1.807) is 0 Å². The molecule has 14 heavy (non-hydrogen) atoms. The molecule has 0 saturated heterocycles. The van der Waals surface area contributed by atoms with Crippen LogP contribution < -0.4 is 5.73 Å². The van der Waals surface area contributed by atoms with Gasteiger partial charge in [-0.15, -0.1) is 0 Å². The van der Waals surface area contributed by atoms with Crippen LogP contribution in [0.1, 0.15) is 19.3 Å². The first-order chi connectivity index (χ1) is 6.66. The summed E-state index contributed by atoms with van der Waals surface area (Å²) < 4.78 is 4.89. The van der Waals surface area contributed by atoms with E-state index in [2.05, 4.69) is 6.58 Å². The Morgan fingerprint density at radius 2 is 2.07 bits per heavy atom. The van der Waals surface area contributed by atoms with Gasteiger partial charge in [0.1, 0.15) is 6.61 Å². The molecule has 1 amide bonds. The van der Waals surface area contributed by atoms with Crippen LogP contribution in [0.3, 0.4) is 0 Å². The van der Waals surface area contributed by atoms with E-state index in [1.165, 1.54) is 6.08 Å². The summed E-state index contributed by atoms with van der Waals surface area (Å²) in [5, 5.41) is 0. The normalized spacial score (nSPS) is 25.7. The highest BCUT2D eigenvalue weighted by molar-refractivity contribution is 5.84. The molecule has 2 N–H and O–H groups in total. The number of carbonyl (C=O) groups excluding carboxylic acids is 2. The first-order valence-electron chi connectivity index (χ1n) is 4.73. The largest absolute Gasteiger partial charge is 0.461 e. The zero-order valence-corrected chi connectivity index (χ0v) is 8.07. The Hall–Kier alpha value is -1.32. The van der Waals surface area contributed by atoms with E-state index in [1.807, 2.05) is 0 Å². The average molecular weight is 197 g/mol. The predicted octanol–water partition coefficient (Wildman–Crippen LogP) is 0.617. The minimum atomic E-state index is -0.400. The van der Waals surface area contributed by atoms with E-state index in [0.717, 1.165) is 6.42 Å². The molecule has 0 bridgehead atoms. The number of nitrogens with two attached hydrogens (primary N) is 1. The zero-order valence-electron chi connectivity index (χ0n) is 8.07. The highest BCUT2D eigenvalue weighted by Crippen LogP contribution is 2.32. The van der Waals surface area contributed by atoms with Crippen LogP contribution in [0.25, 0.3) is 0 Å². The molecule has 0 radical (unpaired) electrons. The van der Waals surface area contributed by atoms with Gasteiger partial charge in [-0.3, -0.25) is 9.59 Å². The molecule has 2 atom stereocenters. The van der Waals surface area contributed by atoms with E-state index in [-0.39, 0.29) is 24.4 Å². The summed E-state index contributed by atoms with van der Waals surface area (Å²) in [6, 6.07) is 0. The maximum Gasteiger partial charge on any atom is 0.310 e. The third-order valence-electron chi connectivity index (χ3n) is 2.53. The van der Waals surface area contributed by atoms with Gasteiger partial charge < -0.3 is 10.5 Å². The van der Waals surface area contributed by atoms with Gasteiger partial charge in [0.05, 0.1) is 11.8 Å². The summed E-state index contributed by atoms with van der Waals surface area (Å²) in [6.07, 6.45) is 3.76. The van der Waals surface area contributed by atoms with Crippen molar-refractivity contribution >= 4 is 11.9 Å². The Morgan fingerprint density at radius 1 is 1.43 bits per heavy atom. The minimum absolute atomic E-state index is 0.195. The van der Waals surface area contributed by atoms with Crippen molar-refractivity contribution in [2.75, 3.05) is 6.61 Å². The number of carbonyl (C=O) groups is 2. The SMILES string of the molecule is C=CCOC(=O)[C@@H]1CCC[C@@H]1C(N)=O. The molecule has 78 valence electrons. The molecule has 1 saturated carbocycles. The maximum absolute atomic E-state index is 11.4. The van der Waals surface area contributed by atoms with Crippen LogP contribution in [-0.4, -0.2) is 18.5 Å². The van der Waals surface area contributed by atoms with Gasteiger partial charge in [0.25, 0.3) is 0 Å². The lowest BCUT2D eigenvalue weighted by Gasteiger charge is -2.14. The number of primary amides is 1. The van der Waals surface area contributed by atoms with Crippen molar-refractivity contribution in [1.82, 2.24) is 0 Å². The Balaban J connectivity index is 2.53. The van der Waals surface area contributed by atoms with Gasteiger partial charge in [0.2, 0.25) is 5.91 Å². The number of hydrogen-bond acceptors (Lipinski definition) is 3. The quantitative estimate of drug-likeness (QED) is 0.530. The first kappa shape index (κ1) is 10.8. The molecule has 4 heteroatoms. The highest BCUT2D eigenvalue weighted by Gasteiger charge is 2.37. The second kappa shape index (κ2) is 4.79. The van der Waals surface area contributed by atoms with Crippen LogP contribution in [0.2, 0.25) is 0 Å². The van der Waals surface area contributed by atoms with Crippen LogP contribution in [0.4, 0.5) is 0 Å². The van der Waals surface area contributed by atoms with Crippen molar-refractivity contribution in [3.63, 3.8) is 0 Å². The Bertz CT molecular complexity index is 250. The topological polar surface area (TPSA) is 69.4 Å². The summed E-state index contributed by atoms with van der Waals surface area (Å²) in [5.41, 5.74) is 5.19. The zero-order chi connectivity index (χ0) is 10.6. The summed E-state index contributed by atoms with van der Waals surface area (Å²) in [5.74, 6) is -1.41. The van der Waals surface area contributed by atoms with E-state index < -0.39 is 5.91 Å². The molecule has 0 heterocycles. The summed E-state index contributed by atoms with van der Waals surface area (Å²) in [4.78, 5) is 22.4. The number of ether oxygens (including phenoxy) is 1. The molecule has 0 aromatic heterocycles. The lowest BCUT2D eigenvalue weighted by molar-refractivity contribution is -0.150. The molecule has 0 aromatic rings. The predicted molar refractivity (Wildman–Crippen MR) is 51.2 cm³/mol. The van der Waals surface area contributed by atoms with Gasteiger partial charge in [0.15, 0.2) is 0 Å². The Morgan fingerprint density at radius 3 is 2.64 bits per heavy atom. The lowest BCUT2D eigenvalue weighted by Crippen LogP contribution is -2.31. The van der Waals surface area contributed by atoms with E-state index in [4.69, 9.17) is 10.5 Å². The molecule has 4 nitrogen and oxygen atoms in total. The van der Waals surface area contributed by atoms with Crippen molar-refractivity contribution < 1.29 is 14.3 Å². The fourth-order valence-electron chi connectivity index (χ4n) is 1.83. The average Bonchev–Trinajstić information content (AvgIpc) is 2.62. The van der Waals surface area contributed by atoms with Crippen LogP contribution in [-0.2, 0) is 14.3 Å². The molecule has 1 fully saturated rings. The second-order valence-electron chi connectivity index (χ2n) is 3.46. The van der Waals surface area contributed by atoms with E-state index >= 15 is 0 Å². The second-order valence-corrected chi connectivity index (χ2v) is 3.46. The van der Waals surface area contributed by atoms with Crippen molar-refractivity contribution in [2.45, 2.75) is 19.3 Å². The van der Waals surface area contributed by atoms with Crippen molar-refractivity contribution in [1.29, 1.82) is 0 Å². The van der Waals surface area contributed by atoms with E-state index in [0.29, 0.717) is 12.8 Å². The van der Waals surface area contributed by atoms with Crippen molar-refractivity contribution in [3.8, 4) is 0 Å². The lowest BCUT2D eigenvalue weighted by atomic mass is 9.96. The molecule has 1 aliphatic rings. The fourth-order valence-corrected chi connectivity index (χ4v) is 1.83. The molecule has 0 spiro atoms. The molecular weight excluding hydrogens is 182 g/mol. The molecule has 0 unspecified atom stereocenters. The summed E-state index contributed by atoms with van der Waals surface area (Å²) in [7, 11) is 0. The van der Waals surface area contributed by atoms with Crippen molar-refractivity contribution in [3.05, 3.63) is 12.7 Å². The molecule has 1 aliphatic carbocycles. The first-order valence-corrected chi connectivity index (χ1v) is 4.73. The Kier molecular flexibility index (Phi) is 3.68. The minimum Gasteiger partial charge on any atom is -0.461 e. The van der Waals surface area contributed by atoms with Crippen LogP contribution >= 0.6 is 0 Å². The van der Waals surface area contributed by atoms with Gasteiger partial charge in [0, 0.05) is 0 Å². The Labute approximate surface area is 83.1 Å². The monoisotopic (exact) mass is 197 g/mol. The van der Waals surface area contributed by atoms with Gasteiger partial charge in [-0.25, -0.2) is 0 Å². The number of amides is 1. The third-order valence-corrected chi connectivity index (χ3v) is 2.53. The van der Waals surface area contributed by atoms with Gasteiger partial charge in [-0.1, -0.05) is 19.1 Å².